The second-order valence-corrected chi connectivity index (χ2v) is 5.60. The largest absolute Gasteiger partial charge is 0.294 e. The van der Waals surface area contributed by atoms with E-state index in [0.717, 1.165) is 10.0 Å². The van der Waals surface area contributed by atoms with E-state index in [9.17, 15) is 9.18 Å². The van der Waals surface area contributed by atoms with Crippen molar-refractivity contribution in [2.75, 3.05) is 0 Å². The lowest BCUT2D eigenvalue weighted by molar-refractivity contribution is 0.0991. The number of rotatable bonds is 3. The molecule has 98 valence electrons. The second-order valence-electron chi connectivity index (χ2n) is 4.27. The van der Waals surface area contributed by atoms with Gasteiger partial charge in [0.1, 0.15) is 5.82 Å². The summed E-state index contributed by atoms with van der Waals surface area (Å²) >= 11 is 9.03. The van der Waals surface area contributed by atoms with Crippen molar-refractivity contribution in [3.05, 3.63) is 68.4 Å². The summed E-state index contributed by atoms with van der Waals surface area (Å²) in [5.74, 6) is -0.648. The number of ketones is 1. The van der Waals surface area contributed by atoms with E-state index < -0.39 is 5.82 Å². The van der Waals surface area contributed by atoms with Gasteiger partial charge in [0.25, 0.3) is 0 Å². The predicted molar refractivity (Wildman–Crippen MR) is 78.3 cm³/mol. The van der Waals surface area contributed by atoms with Crippen molar-refractivity contribution in [2.45, 2.75) is 13.3 Å². The molecule has 0 aromatic heterocycles. The molecule has 0 spiro atoms. The highest BCUT2D eigenvalue weighted by Crippen LogP contribution is 2.22. The van der Waals surface area contributed by atoms with E-state index in [4.69, 9.17) is 11.6 Å². The zero-order chi connectivity index (χ0) is 14.0. The number of benzene rings is 2. The molecule has 0 aliphatic heterocycles. The second kappa shape index (κ2) is 5.85. The molecular weight excluding hydrogens is 331 g/mol. The van der Waals surface area contributed by atoms with Gasteiger partial charge < -0.3 is 0 Å². The normalized spacial score (nSPS) is 10.5. The smallest absolute Gasteiger partial charge is 0.167 e. The molecule has 0 aliphatic rings. The summed E-state index contributed by atoms with van der Waals surface area (Å²) in [6.07, 6.45) is 0.00366. The molecule has 4 heteroatoms. The van der Waals surface area contributed by atoms with Crippen molar-refractivity contribution in [3.63, 3.8) is 0 Å². The quantitative estimate of drug-likeness (QED) is 0.720. The van der Waals surface area contributed by atoms with Crippen LogP contribution < -0.4 is 0 Å². The average molecular weight is 342 g/mol. The van der Waals surface area contributed by atoms with Gasteiger partial charge in [-0.3, -0.25) is 4.79 Å². The van der Waals surface area contributed by atoms with Crippen LogP contribution in [0.5, 0.6) is 0 Å². The molecule has 0 bridgehead atoms. The van der Waals surface area contributed by atoms with Crippen LogP contribution in [0.4, 0.5) is 4.39 Å². The van der Waals surface area contributed by atoms with E-state index in [1.54, 1.807) is 18.2 Å². The minimum atomic E-state index is -0.523. The van der Waals surface area contributed by atoms with Crippen molar-refractivity contribution < 1.29 is 9.18 Å². The Morgan fingerprint density at radius 2 is 2.05 bits per heavy atom. The lowest BCUT2D eigenvalue weighted by Gasteiger charge is -2.07. The zero-order valence-corrected chi connectivity index (χ0v) is 12.6. The Labute approximate surface area is 124 Å². The Hall–Kier alpha value is -1.19. The van der Waals surface area contributed by atoms with Crippen molar-refractivity contribution >= 4 is 33.3 Å². The minimum absolute atomic E-state index is 0.00366. The van der Waals surface area contributed by atoms with Gasteiger partial charge in [-0.15, -0.1) is 0 Å². The topological polar surface area (TPSA) is 17.1 Å². The van der Waals surface area contributed by atoms with E-state index in [1.165, 1.54) is 6.07 Å². The molecule has 0 heterocycles. The van der Waals surface area contributed by atoms with Gasteiger partial charge in [-0.1, -0.05) is 45.7 Å². The fourth-order valence-electron chi connectivity index (χ4n) is 1.85. The van der Waals surface area contributed by atoms with Crippen LogP contribution in [0.15, 0.2) is 40.9 Å². The standard InChI is InChI=1S/C15H11BrClFO/c1-9-5-6-11(16)8-12(9)14(19)7-10-3-2-4-13(17)15(10)18/h2-6,8H,7H2,1H3. The highest BCUT2D eigenvalue weighted by Gasteiger charge is 2.14. The zero-order valence-electron chi connectivity index (χ0n) is 10.2. The maximum Gasteiger partial charge on any atom is 0.167 e. The first-order valence-corrected chi connectivity index (χ1v) is 6.88. The fourth-order valence-corrected chi connectivity index (χ4v) is 2.40. The number of aryl methyl sites for hydroxylation is 1. The monoisotopic (exact) mass is 340 g/mol. The van der Waals surface area contributed by atoms with Crippen LogP contribution in [0.25, 0.3) is 0 Å². The van der Waals surface area contributed by atoms with Crippen LogP contribution in [-0.2, 0) is 6.42 Å². The molecule has 2 rings (SSSR count). The Kier molecular flexibility index (Phi) is 4.38. The van der Waals surface area contributed by atoms with E-state index in [2.05, 4.69) is 15.9 Å². The van der Waals surface area contributed by atoms with Gasteiger partial charge in [-0.05, 0) is 36.2 Å². The Balaban J connectivity index is 2.31. The number of hydrogen-bond acceptors (Lipinski definition) is 1. The van der Waals surface area contributed by atoms with Crippen LogP contribution in [0.2, 0.25) is 5.02 Å². The number of carbonyl (C=O) groups excluding carboxylic acids is 1. The molecule has 0 saturated carbocycles. The summed E-state index contributed by atoms with van der Waals surface area (Å²) in [6, 6.07) is 10.2. The maximum atomic E-state index is 13.8. The third-order valence-corrected chi connectivity index (χ3v) is 3.67. The summed E-state index contributed by atoms with van der Waals surface area (Å²) < 4.78 is 14.6. The molecule has 0 N–H and O–H groups in total. The summed E-state index contributed by atoms with van der Waals surface area (Å²) in [7, 11) is 0. The first-order chi connectivity index (χ1) is 8.99. The molecule has 19 heavy (non-hydrogen) atoms. The Bertz CT molecular complexity index is 640. The Morgan fingerprint density at radius 3 is 2.79 bits per heavy atom. The van der Waals surface area contributed by atoms with Gasteiger partial charge in [-0.2, -0.15) is 0 Å². The minimum Gasteiger partial charge on any atom is -0.294 e. The molecule has 1 nitrogen and oxygen atoms in total. The van der Waals surface area contributed by atoms with Crippen molar-refractivity contribution in [1.82, 2.24) is 0 Å². The van der Waals surface area contributed by atoms with E-state index >= 15 is 0 Å². The van der Waals surface area contributed by atoms with Crippen LogP contribution in [0.3, 0.4) is 0 Å². The molecule has 0 saturated heterocycles. The number of halogens is 3. The first-order valence-electron chi connectivity index (χ1n) is 5.71. The summed E-state index contributed by atoms with van der Waals surface area (Å²) in [5.41, 5.74) is 1.78. The van der Waals surface area contributed by atoms with E-state index in [-0.39, 0.29) is 17.2 Å². The van der Waals surface area contributed by atoms with E-state index in [1.807, 2.05) is 19.1 Å². The predicted octanol–water partition coefficient (Wildman–Crippen LogP) is 4.98. The van der Waals surface area contributed by atoms with Crippen LogP contribution in [-0.4, -0.2) is 5.78 Å². The number of carbonyl (C=O) groups is 1. The summed E-state index contributed by atoms with van der Waals surface area (Å²) in [5, 5.41) is 0.0382. The summed E-state index contributed by atoms with van der Waals surface area (Å²) in [6.45, 7) is 1.86. The van der Waals surface area contributed by atoms with Crippen molar-refractivity contribution in [3.8, 4) is 0 Å². The van der Waals surface area contributed by atoms with Gasteiger partial charge >= 0.3 is 0 Å². The highest BCUT2D eigenvalue weighted by molar-refractivity contribution is 9.10. The third-order valence-electron chi connectivity index (χ3n) is 2.88. The maximum absolute atomic E-state index is 13.8. The van der Waals surface area contributed by atoms with Gasteiger partial charge in [0.2, 0.25) is 0 Å². The lowest BCUT2D eigenvalue weighted by Crippen LogP contribution is -2.07. The van der Waals surface area contributed by atoms with Gasteiger partial charge in [-0.25, -0.2) is 4.39 Å². The molecule has 0 radical (unpaired) electrons. The molecular formula is C15H11BrClFO. The van der Waals surface area contributed by atoms with Crippen LogP contribution in [0, 0.1) is 12.7 Å². The van der Waals surface area contributed by atoms with E-state index in [0.29, 0.717) is 11.1 Å². The van der Waals surface area contributed by atoms with Crippen LogP contribution >= 0.6 is 27.5 Å². The van der Waals surface area contributed by atoms with Crippen LogP contribution in [0.1, 0.15) is 21.5 Å². The summed E-state index contributed by atoms with van der Waals surface area (Å²) in [4.78, 5) is 12.2. The molecule has 0 aliphatic carbocycles. The molecule has 0 fully saturated rings. The molecule has 2 aromatic carbocycles. The van der Waals surface area contributed by atoms with Gasteiger partial charge in [0.15, 0.2) is 5.78 Å². The Morgan fingerprint density at radius 1 is 1.32 bits per heavy atom. The number of hydrogen-bond donors (Lipinski definition) is 0. The number of Topliss-reactive ketones (excluding diaryl/α,β-unsaturated/α-hetero) is 1. The van der Waals surface area contributed by atoms with Gasteiger partial charge in [0, 0.05) is 16.5 Å². The fraction of sp³-hybridized carbons (Fsp3) is 0.133. The van der Waals surface area contributed by atoms with Gasteiger partial charge in [0.05, 0.1) is 5.02 Å². The SMILES string of the molecule is Cc1ccc(Br)cc1C(=O)Cc1cccc(Cl)c1F. The molecule has 0 amide bonds. The molecule has 0 atom stereocenters. The van der Waals surface area contributed by atoms with Crippen molar-refractivity contribution in [1.29, 1.82) is 0 Å². The highest BCUT2D eigenvalue weighted by atomic mass is 79.9. The molecule has 0 unspecified atom stereocenters. The average Bonchev–Trinajstić information content (AvgIpc) is 2.38. The third kappa shape index (κ3) is 3.23. The lowest BCUT2D eigenvalue weighted by atomic mass is 9.99. The first kappa shape index (κ1) is 14.2. The van der Waals surface area contributed by atoms with Crippen molar-refractivity contribution in [2.24, 2.45) is 0 Å². The molecule has 2 aromatic rings.